The van der Waals surface area contributed by atoms with Crippen LogP contribution in [0.3, 0.4) is 0 Å². The van der Waals surface area contributed by atoms with Gasteiger partial charge in [0.1, 0.15) is 77.1 Å². The number of carbonyl (C=O) groups is 7. The lowest BCUT2D eigenvalue weighted by Crippen LogP contribution is -2.36. The zero-order chi connectivity index (χ0) is 73.3. The van der Waals surface area contributed by atoms with Gasteiger partial charge < -0.3 is 112 Å². The van der Waals surface area contributed by atoms with E-state index in [0.717, 1.165) is 44.7 Å². The number of para-hydroxylation sites is 1. The number of phenolic OH excluding ortho intramolecular Hbond substituents is 4. The van der Waals surface area contributed by atoms with Crippen LogP contribution in [0, 0.1) is 34.6 Å². The number of aromatic hydroxyl groups is 4. The predicted molar refractivity (Wildman–Crippen MR) is 365 cm³/mol. The quantitative estimate of drug-likeness (QED) is 0.0451. The normalized spacial score (nSPS) is 12.6. The molecule has 28 N–H and O–H groups in total. The Hall–Kier alpha value is -9.76. The first kappa shape index (κ1) is 87.2. The third-order valence-electron chi connectivity index (χ3n) is 13.6. The molecule has 8 unspecified atom stereocenters. The van der Waals surface area contributed by atoms with Crippen molar-refractivity contribution in [2.24, 2.45) is 40.1 Å². The summed E-state index contributed by atoms with van der Waals surface area (Å²) < 4.78 is 5.14. The molecule has 0 radical (unpaired) electrons. The number of ether oxygens (including phenoxy) is 1. The minimum atomic E-state index is -1.25. The fourth-order valence-electron chi connectivity index (χ4n) is 7.87. The van der Waals surface area contributed by atoms with Crippen molar-refractivity contribution in [3.05, 3.63) is 204 Å². The summed E-state index contributed by atoms with van der Waals surface area (Å²) in [5, 5.41) is 109. The number of methoxy groups -OCH3 is 1. The van der Waals surface area contributed by atoms with Gasteiger partial charge in [0.25, 0.3) is 0 Å². The van der Waals surface area contributed by atoms with Crippen molar-refractivity contribution in [3.63, 3.8) is 0 Å². The number of aryl methyl sites for hydroxylation is 5. The standard InChI is InChI=1S/C11H15NO3.3C10H13NO3.C10H13NO2.C9H10ClNO3.C7H9NO3S.H2O/c1-7-3-4-8(6-10(7)15-2)5-9(12)11(13)14;1-6-2-3-9(12)7(4-6)5-8(11)10(13)14;1-6-2-3-7(9(12)4-6)5-8(11)10(13)14;1-6-3-2-4-7(9(6)12)5-8(11)10(13)14;1-7-4-2-3-5-8(7)6-9(11)10(12)13;10-6-3-5(1-2-8(6)12)4-7(11)9(13)14;8-5(7(10)11)6(9)4-2-1-3-12-4;/h3-4,6,9H,5,12H2,1-2H3,(H,13,14);3*2-4,8,12H,5,11H2,1H3,(H,13,14);2-5,9H,6,11H2,1H3,(H,12,13);1-3,7,12H,4,11H2,(H,13,14);1-3,5-6,9H,8H2,(H,10,11);1H2. The molecular formula is C67H88ClN7O21S. The van der Waals surface area contributed by atoms with Crippen LogP contribution in [0.15, 0.2) is 133 Å². The zero-order valence-electron chi connectivity index (χ0n) is 54.0. The molecule has 0 fully saturated rings. The average Bonchev–Trinajstić information content (AvgIpc) is 1.51. The molecule has 28 nitrogen and oxygen atoms in total. The van der Waals surface area contributed by atoms with Crippen molar-refractivity contribution < 1.29 is 105 Å². The Kier molecular flexibility index (Phi) is 39.6. The molecule has 30 heteroatoms. The second kappa shape index (κ2) is 44.1. The highest BCUT2D eigenvalue weighted by atomic mass is 35.5. The number of aliphatic carboxylic acids is 7. The highest BCUT2D eigenvalue weighted by Crippen LogP contribution is 2.26. The summed E-state index contributed by atoms with van der Waals surface area (Å²) in [5.74, 6) is -6.35. The Labute approximate surface area is 568 Å². The molecule has 1 heterocycles. The van der Waals surface area contributed by atoms with Crippen LogP contribution in [0.25, 0.3) is 0 Å². The minimum Gasteiger partial charge on any atom is -0.508 e. The molecule has 0 aliphatic rings. The summed E-state index contributed by atoms with van der Waals surface area (Å²) in [6, 6.07) is 29.6. The van der Waals surface area contributed by atoms with Crippen molar-refractivity contribution in [2.45, 2.75) is 122 Å². The molecule has 0 saturated carbocycles. The number of hydrogen-bond acceptors (Lipinski definition) is 21. The molecule has 0 saturated heterocycles. The lowest BCUT2D eigenvalue weighted by Gasteiger charge is -2.12. The Balaban J connectivity index is 0.00000111. The van der Waals surface area contributed by atoms with Crippen LogP contribution in [0.1, 0.15) is 72.2 Å². The fourth-order valence-corrected chi connectivity index (χ4v) is 8.83. The molecular weight excluding hydrogens is 1310 g/mol. The summed E-state index contributed by atoms with van der Waals surface area (Å²) in [6.07, 6.45) is 0.207. The van der Waals surface area contributed by atoms with Crippen molar-refractivity contribution in [1.29, 1.82) is 0 Å². The van der Waals surface area contributed by atoms with E-state index in [-0.39, 0.29) is 59.2 Å². The van der Waals surface area contributed by atoms with E-state index < -0.39 is 90.2 Å². The van der Waals surface area contributed by atoms with Crippen LogP contribution >= 0.6 is 22.9 Å². The van der Waals surface area contributed by atoms with Gasteiger partial charge in [-0.1, -0.05) is 108 Å². The summed E-state index contributed by atoms with van der Waals surface area (Å²) in [6.45, 7) is 9.35. The number of thiophene rings is 1. The van der Waals surface area contributed by atoms with Gasteiger partial charge in [0.2, 0.25) is 0 Å². The van der Waals surface area contributed by atoms with Gasteiger partial charge in [-0.05, 0) is 151 Å². The van der Waals surface area contributed by atoms with Crippen LogP contribution in [0.5, 0.6) is 28.7 Å². The van der Waals surface area contributed by atoms with E-state index in [1.165, 1.54) is 23.5 Å². The molecule has 7 aromatic rings. The second-order valence-electron chi connectivity index (χ2n) is 21.6. The Bertz CT molecular complexity index is 3640. The van der Waals surface area contributed by atoms with Gasteiger partial charge >= 0.3 is 41.8 Å². The largest absolute Gasteiger partial charge is 0.508 e. The Morgan fingerprint density at radius 3 is 1.31 bits per heavy atom. The maximum absolute atomic E-state index is 10.6. The first-order valence-electron chi connectivity index (χ1n) is 28.9. The van der Waals surface area contributed by atoms with Gasteiger partial charge in [-0.2, -0.15) is 0 Å². The minimum absolute atomic E-state index is 0. The van der Waals surface area contributed by atoms with E-state index in [1.54, 1.807) is 86.1 Å². The molecule has 0 spiro atoms. The van der Waals surface area contributed by atoms with E-state index >= 15 is 0 Å². The average molecular weight is 1390 g/mol. The second-order valence-corrected chi connectivity index (χ2v) is 23.0. The highest BCUT2D eigenvalue weighted by molar-refractivity contribution is 7.10. The molecule has 97 heavy (non-hydrogen) atoms. The maximum Gasteiger partial charge on any atom is 0.323 e. The van der Waals surface area contributed by atoms with Crippen LogP contribution < -0.4 is 44.9 Å². The van der Waals surface area contributed by atoms with Crippen LogP contribution in [-0.2, 0) is 72.1 Å². The summed E-state index contributed by atoms with van der Waals surface area (Å²) in [7, 11) is 1.59. The van der Waals surface area contributed by atoms with Crippen LogP contribution in [0.4, 0.5) is 0 Å². The number of nitrogens with two attached hydrogens (primary N) is 7. The first-order chi connectivity index (χ1) is 44.8. The fraction of sp³-hybridized carbons (Fsp3) is 0.299. The highest BCUT2D eigenvalue weighted by Gasteiger charge is 2.24. The summed E-state index contributed by atoms with van der Waals surface area (Å²) in [5.41, 5.74) is 46.4. The number of benzene rings is 6. The van der Waals surface area contributed by atoms with Crippen LogP contribution in [0.2, 0.25) is 5.02 Å². The molecule has 0 amide bonds. The number of aliphatic hydroxyl groups excluding tert-OH is 1. The van der Waals surface area contributed by atoms with Gasteiger partial charge in [-0.25, -0.2) is 0 Å². The zero-order valence-corrected chi connectivity index (χ0v) is 55.6. The molecule has 0 aliphatic heterocycles. The smallest absolute Gasteiger partial charge is 0.323 e. The van der Waals surface area contributed by atoms with Crippen molar-refractivity contribution >= 4 is 64.7 Å². The number of halogens is 1. The van der Waals surface area contributed by atoms with Gasteiger partial charge in [0.15, 0.2) is 0 Å². The third-order valence-corrected chi connectivity index (χ3v) is 14.8. The van der Waals surface area contributed by atoms with Crippen molar-refractivity contribution in [1.82, 2.24) is 0 Å². The molecule has 6 aromatic carbocycles. The van der Waals surface area contributed by atoms with Crippen molar-refractivity contribution in [3.8, 4) is 28.7 Å². The third kappa shape index (κ3) is 33.0. The Morgan fingerprint density at radius 1 is 0.423 bits per heavy atom. The van der Waals surface area contributed by atoms with Crippen LogP contribution in [-0.4, -0.2) is 158 Å². The lowest BCUT2D eigenvalue weighted by atomic mass is 10.0. The SMILES string of the molecule is COc1cc(CC(N)C(=O)O)ccc1C.Cc1ccc(CC(N)C(=O)O)c(O)c1.Cc1ccc(O)c(CC(N)C(=O)O)c1.Cc1cccc(CC(N)C(=O)O)c1O.Cc1ccccc1CC(N)C(=O)O.NC(C(=O)O)C(O)c1cccs1.NC(Cc1ccc(O)c(Cl)c1)C(=O)O.O. The van der Waals surface area contributed by atoms with Crippen molar-refractivity contribution in [2.75, 3.05) is 7.11 Å². The number of phenols is 4. The van der Waals surface area contributed by atoms with E-state index in [4.69, 9.17) is 97.3 Å². The predicted octanol–water partition coefficient (Wildman–Crippen LogP) is 4.24. The molecule has 8 atom stereocenters. The maximum atomic E-state index is 10.6. The number of aliphatic hydroxyl groups is 1. The summed E-state index contributed by atoms with van der Waals surface area (Å²) in [4.78, 5) is 73.9. The van der Waals surface area contributed by atoms with E-state index in [1.807, 2.05) is 76.2 Å². The number of carboxylic acids is 7. The molecule has 0 bridgehead atoms. The van der Waals surface area contributed by atoms with E-state index in [0.29, 0.717) is 40.0 Å². The topological polar surface area (TPSA) is 585 Å². The number of carboxylic acid groups (broad SMARTS) is 7. The van der Waals surface area contributed by atoms with E-state index in [2.05, 4.69) is 0 Å². The monoisotopic (exact) mass is 1390 g/mol. The number of hydrogen-bond donors (Lipinski definition) is 19. The molecule has 1 aromatic heterocycles. The van der Waals surface area contributed by atoms with Gasteiger partial charge in [0, 0.05) is 24.1 Å². The lowest BCUT2D eigenvalue weighted by molar-refractivity contribution is -0.142. The van der Waals surface area contributed by atoms with Gasteiger partial charge in [-0.3, -0.25) is 33.6 Å². The van der Waals surface area contributed by atoms with Gasteiger partial charge in [-0.15, -0.1) is 11.3 Å². The molecule has 530 valence electrons. The molecule has 0 aliphatic carbocycles. The van der Waals surface area contributed by atoms with E-state index in [9.17, 15) is 54.0 Å². The van der Waals surface area contributed by atoms with Gasteiger partial charge in [0.05, 0.1) is 12.1 Å². The first-order valence-corrected chi connectivity index (χ1v) is 30.2. The summed E-state index contributed by atoms with van der Waals surface area (Å²) >= 11 is 6.92. The number of rotatable bonds is 22. The Morgan fingerprint density at radius 2 is 0.845 bits per heavy atom. The molecule has 7 rings (SSSR count).